The van der Waals surface area contributed by atoms with Crippen molar-refractivity contribution in [3.05, 3.63) is 41.3 Å². The van der Waals surface area contributed by atoms with Crippen LogP contribution in [0.4, 0.5) is 26.3 Å². The highest BCUT2D eigenvalue weighted by Gasteiger charge is 2.35. The van der Waals surface area contributed by atoms with E-state index in [4.69, 9.17) is 9.68 Å². The third kappa shape index (κ3) is 3.91. The minimum atomic E-state index is -4.68. The Labute approximate surface area is 146 Å². The van der Waals surface area contributed by atoms with E-state index in [9.17, 15) is 26.3 Å². The summed E-state index contributed by atoms with van der Waals surface area (Å²) in [6.07, 6.45) is -10.9. The molecule has 0 saturated carbocycles. The molecular weight excluding hydrogens is 380 g/mol. The van der Waals surface area contributed by atoms with Crippen molar-refractivity contribution in [2.24, 2.45) is 0 Å². The molecule has 0 bridgehead atoms. The largest absolute Gasteiger partial charge is 0.440 e. The van der Waals surface area contributed by atoms with Crippen molar-refractivity contribution in [1.29, 1.82) is 5.26 Å². The average molecular weight is 387 g/mol. The second-order valence-corrected chi connectivity index (χ2v) is 5.29. The maximum absolute atomic E-state index is 12.9. The lowest BCUT2D eigenvalue weighted by molar-refractivity contribution is -0.137. The van der Waals surface area contributed by atoms with Gasteiger partial charge in [0.1, 0.15) is 23.9 Å². The number of alkyl halides is 6. The van der Waals surface area contributed by atoms with E-state index in [0.29, 0.717) is 6.07 Å². The molecule has 3 rings (SSSR count). The predicted octanol–water partition coefficient (Wildman–Crippen LogP) is 4.12. The number of H-pyrrole nitrogens is 1. The molecule has 2 aromatic heterocycles. The number of nitrogens with one attached hydrogen (secondary N) is 1. The van der Waals surface area contributed by atoms with Crippen LogP contribution in [0.1, 0.15) is 17.0 Å². The maximum atomic E-state index is 12.9. The quantitative estimate of drug-likeness (QED) is 0.683. The van der Waals surface area contributed by atoms with Crippen LogP contribution in [0.5, 0.6) is 0 Å². The van der Waals surface area contributed by atoms with E-state index in [1.165, 1.54) is 6.07 Å². The zero-order valence-electron chi connectivity index (χ0n) is 13.0. The van der Waals surface area contributed by atoms with Crippen molar-refractivity contribution in [3.8, 4) is 28.9 Å². The number of benzene rings is 1. The summed E-state index contributed by atoms with van der Waals surface area (Å²) >= 11 is 0. The smallest absolute Gasteiger partial charge is 0.416 e. The molecule has 1 aromatic carbocycles. The molecular formula is C15H7F6N5O. The number of hydrogen-bond acceptors (Lipinski definition) is 5. The molecule has 0 amide bonds. The monoisotopic (exact) mass is 387 g/mol. The zero-order chi connectivity index (χ0) is 19.8. The highest BCUT2D eigenvalue weighted by Crippen LogP contribution is 2.35. The van der Waals surface area contributed by atoms with Crippen LogP contribution in [-0.4, -0.2) is 26.6 Å². The second kappa shape index (κ2) is 6.42. The van der Waals surface area contributed by atoms with Crippen molar-refractivity contribution in [2.75, 3.05) is 0 Å². The molecule has 12 heteroatoms. The first-order chi connectivity index (χ1) is 12.6. The topological polar surface area (TPSA) is 91.4 Å². The van der Waals surface area contributed by atoms with Gasteiger partial charge >= 0.3 is 12.4 Å². The molecule has 0 aliphatic rings. The summed E-state index contributed by atoms with van der Waals surface area (Å²) in [6.45, 7) is 0. The Hall–Kier alpha value is -3.36. The SMILES string of the molecule is N#Cc1n[nH]nc1-c1nc(-c2cccc(C(F)(F)F)c2)oc1CC(F)(F)F. The summed E-state index contributed by atoms with van der Waals surface area (Å²) < 4.78 is 82.1. The number of aromatic nitrogens is 4. The summed E-state index contributed by atoms with van der Waals surface area (Å²) in [5.41, 5.74) is -2.25. The van der Waals surface area contributed by atoms with Gasteiger partial charge in [-0.3, -0.25) is 0 Å². The molecule has 140 valence electrons. The minimum absolute atomic E-state index is 0.179. The number of halogens is 6. The number of nitriles is 1. The van der Waals surface area contributed by atoms with E-state index in [1.807, 2.05) is 0 Å². The Morgan fingerprint density at radius 1 is 1.07 bits per heavy atom. The predicted molar refractivity (Wildman–Crippen MR) is 76.8 cm³/mol. The van der Waals surface area contributed by atoms with Crippen molar-refractivity contribution >= 4 is 0 Å². The molecule has 0 spiro atoms. The molecule has 0 aliphatic carbocycles. The van der Waals surface area contributed by atoms with E-state index in [-0.39, 0.29) is 17.0 Å². The van der Waals surface area contributed by atoms with Gasteiger partial charge < -0.3 is 4.42 Å². The first-order valence-electron chi connectivity index (χ1n) is 7.14. The van der Waals surface area contributed by atoms with Gasteiger partial charge in [-0.2, -0.15) is 41.9 Å². The van der Waals surface area contributed by atoms with Crippen LogP contribution in [0.2, 0.25) is 0 Å². The van der Waals surface area contributed by atoms with Gasteiger partial charge in [0.2, 0.25) is 5.89 Å². The summed E-state index contributed by atoms with van der Waals surface area (Å²) in [7, 11) is 0. The van der Waals surface area contributed by atoms with Crippen LogP contribution in [0.3, 0.4) is 0 Å². The number of oxazole rings is 1. The fraction of sp³-hybridized carbons (Fsp3) is 0.200. The zero-order valence-corrected chi connectivity index (χ0v) is 13.0. The molecule has 0 saturated heterocycles. The summed E-state index contributed by atoms with van der Waals surface area (Å²) in [4.78, 5) is 3.83. The van der Waals surface area contributed by atoms with Crippen LogP contribution < -0.4 is 0 Å². The van der Waals surface area contributed by atoms with Gasteiger partial charge in [-0.15, -0.1) is 5.10 Å². The third-order valence-corrected chi connectivity index (χ3v) is 3.37. The first kappa shape index (κ1) is 18.4. The van der Waals surface area contributed by atoms with Crippen molar-refractivity contribution in [3.63, 3.8) is 0 Å². The lowest BCUT2D eigenvalue weighted by atomic mass is 10.1. The van der Waals surface area contributed by atoms with Gasteiger partial charge in [-0.05, 0) is 18.2 Å². The van der Waals surface area contributed by atoms with Gasteiger partial charge in [0.25, 0.3) is 0 Å². The van der Waals surface area contributed by atoms with Crippen LogP contribution >= 0.6 is 0 Å². The Morgan fingerprint density at radius 2 is 1.81 bits per heavy atom. The molecule has 1 N–H and O–H groups in total. The molecule has 27 heavy (non-hydrogen) atoms. The Morgan fingerprint density at radius 3 is 2.44 bits per heavy atom. The average Bonchev–Trinajstić information content (AvgIpc) is 3.18. The minimum Gasteiger partial charge on any atom is -0.440 e. The number of rotatable bonds is 3. The lowest BCUT2D eigenvalue weighted by Crippen LogP contribution is -2.11. The Kier molecular flexibility index (Phi) is 4.38. The fourth-order valence-corrected chi connectivity index (χ4v) is 2.26. The summed E-state index contributed by atoms with van der Waals surface area (Å²) in [5, 5.41) is 18.1. The van der Waals surface area contributed by atoms with Crippen molar-refractivity contribution in [2.45, 2.75) is 18.8 Å². The molecule has 0 fully saturated rings. The van der Waals surface area contributed by atoms with E-state index >= 15 is 0 Å². The Balaban J connectivity index is 2.14. The van der Waals surface area contributed by atoms with E-state index in [2.05, 4.69) is 20.4 Å². The van der Waals surface area contributed by atoms with Crippen LogP contribution in [-0.2, 0) is 12.6 Å². The number of aromatic amines is 1. The molecule has 0 atom stereocenters. The summed E-state index contributed by atoms with van der Waals surface area (Å²) in [5.74, 6) is -1.16. The lowest BCUT2D eigenvalue weighted by Gasteiger charge is -2.07. The highest BCUT2D eigenvalue weighted by molar-refractivity contribution is 5.66. The van der Waals surface area contributed by atoms with E-state index < -0.39 is 41.7 Å². The maximum Gasteiger partial charge on any atom is 0.416 e. The van der Waals surface area contributed by atoms with Crippen LogP contribution in [0, 0.1) is 11.3 Å². The molecule has 0 unspecified atom stereocenters. The van der Waals surface area contributed by atoms with Gasteiger partial charge in [-0.1, -0.05) is 6.07 Å². The summed E-state index contributed by atoms with van der Waals surface area (Å²) in [6, 6.07) is 5.40. The Bertz CT molecular complexity index is 1010. The second-order valence-electron chi connectivity index (χ2n) is 5.29. The van der Waals surface area contributed by atoms with Crippen molar-refractivity contribution < 1.29 is 30.8 Å². The standard InChI is InChI=1S/C15H7F6N5O/c16-14(17,18)5-10-12(11-9(6-22)24-26-25-11)23-13(27-10)7-2-1-3-8(4-7)15(19,20)21/h1-4H,5H2,(H,24,25,26). The van der Waals surface area contributed by atoms with Gasteiger partial charge in [-0.25, -0.2) is 4.98 Å². The third-order valence-electron chi connectivity index (χ3n) is 3.37. The van der Waals surface area contributed by atoms with Gasteiger partial charge in [0, 0.05) is 5.56 Å². The van der Waals surface area contributed by atoms with Gasteiger partial charge in [0.05, 0.1) is 5.56 Å². The number of hydrogen-bond donors (Lipinski definition) is 1. The molecule has 0 radical (unpaired) electrons. The first-order valence-corrected chi connectivity index (χ1v) is 7.14. The van der Waals surface area contributed by atoms with Crippen LogP contribution in [0.15, 0.2) is 28.7 Å². The van der Waals surface area contributed by atoms with Crippen LogP contribution in [0.25, 0.3) is 22.8 Å². The normalized spacial score (nSPS) is 12.2. The molecule has 6 nitrogen and oxygen atoms in total. The fourth-order valence-electron chi connectivity index (χ4n) is 2.26. The van der Waals surface area contributed by atoms with Gasteiger partial charge in [0.15, 0.2) is 11.4 Å². The van der Waals surface area contributed by atoms with E-state index in [0.717, 1.165) is 12.1 Å². The van der Waals surface area contributed by atoms with E-state index in [1.54, 1.807) is 6.07 Å². The van der Waals surface area contributed by atoms with Crippen molar-refractivity contribution in [1.82, 2.24) is 20.4 Å². The highest BCUT2D eigenvalue weighted by atomic mass is 19.4. The molecule has 0 aliphatic heterocycles. The number of nitrogens with zero attached hydrogens (tertiary/aromatic N) is 4. The molecule has 2 heterocycles. The molecule has 3 aromatic rings.